The highest BCUT2D eigenvalue weighted by molar-refractivity contribution is 5.75. The summed E-state index contributed by atoms with van der Waals surface area (Å²) in [6.07, 6.45) is 4.91. The van der Waals surface area contributed by atoms with Gasteiger partial charge in [-0.3, -0.25) is 0 Å². The van der Waals surface area contributed by atoms with Crippen LogP contribution in [0, 0.1) is 0 Å². The summed E-state index contributed by atoms with van der Waals surface area (Å²) in [6, 6.07) is 0. The van der Waals surface area contributed by atoms with Gasteiger partial charge in [-0.25, -0.2) is 0 Å². The van der Waals surface area contributed by atoms with Crippen molar-refractivity contribution in [3.8, 4) is 0 Å². The molecule has 2 radical (unpaired) electrons. The Kier molecular flexibility index (Phi) is 16.5. The van der Waals surface area contributed by atoms with Crippen LogP contribution in [0.5, 0.6) is 0 Å². The third-order valence-corrected chi connectivity index (χ3v) is 1.28. The van der Waals surface area contributed by atoms with E-state index in [0.29, 0.717) is 0 Å². The van der Waals surface area contributed by atoms with E-state index in [1.165, 1.54) is 25.7 Å². The van der Waals surface area contributed by atoms with E-state index in [2.05, 4.69) is 13.8 Å². The molecule has 0 aliphatic heterocycles. The molecule has 0 N–H and O–H groups in total. The Morgan fingerprint density at radius 2 is 1.30 bits per heavy atom. The molecule has 0 unspecified atom stereocenters. The predicted octanol–water partition coefficient (Wildman–Crippen LogP) is 2.22. The smallest absolute Gasteiger partial charge is 0.0465 e. The molecule has 0 aromatic rings. The van der Waals surface area contributed by atoms with Crippen LogP contribution in [-0.4, -0.2) is 36.3 Å². The fourth-order valence-corrected chi connectivity index (χ4v) is 0.595. The van der Waals surface area contributed by atoms with Gasteiger partial charge in [0.1, 0.15) is 0 Å². The van der Waals surface area contributed by atoms with Crippen molar-refractivity contribution >= 4 is 23.1 Å². The van der Waals surface area contributed by atoms with Gasteiger partial charge < -0.3 is 4.74 Å². The van der Waals surface area contributed by atoms with Gasteiger partial charge in [-0.1, -0.05) is 26.7 Å². The summed E-state index contributed by atoms with van der Waals surface area (Å²) >= 11 is 0. The normalized spacial score (nSPS) is 9.00. The molecular weight excluding hydrogens is 136 g/mol. The van der Waals surface area contributed by atoms with Crippen LogP contribution in [0.25, 0.3) is 0 Å². The van der Waals surface area contributed by atoms with Crippen molar-refractivity contribution in [2.45, 2.75) is 39.5 Å². The second kappa shape index (κ2) is 12.4. The standard InChI is InChI=1S/C8H18O.Mg/c1-3-5-7-9-8-6-4-2;/h3-8H2,1-2H3;. The first-order valence-electron chi connectivity index (χ1n) is 3.99. The van der Waals surface area contributed by atoms with E-state index >= 15 is 0 Å². The zero-order valence-electron chi connectivity index (χ0n) is 7.36. The minimum Gasteiger partial charge on any atom is -0.381 e. The Hall–Kier alpha value is 0.726. The number of hydrogen-bond donors (Lipinski definition) is 0. The van der Waals surface area contributed by atoms with Crippen molar-refractivity contribution in [1.29, 1.82) is 0 Å². The van der Waals surface area contributed by atoms with E-state index in [1.54, 1.807) is 0 Å². The van der Waals surface area contributed by atoms with Gasteiger partial charge in [0, 0.05) is 36.3 Å². The third-order valence-electron chi connectivity index (χ3n) is 1.28. The van der Waals surface area contributed by atoms with Crippen molar-refractivity contribution < 1.29 is 4.74 Å². The summed E-state index contributed by atoms with van der Waals surface area (Å²) in [5, 5.41) is 0. The fourth-order valence-electron chi connectivity index (χ4n) is 0.595. The Morgan fingerprint density at radius 1 is 0.900 bits per heavy atom. The number of unbranched alkanes of at least 4 members (excludes halogenated alkanes) is 2. The molecule has 0 spiro atoms. The molecule has 0 atom stereocenters. The maximum absolute atomic E-state index is 5.31. The molecule has 0 aliphatic carbocycles. The predicted molar refractivity (Wildman–Crippen MR) is 46.4 cm³/mol. The first kappa shape index (κ1) is 13.3. The van der Waals surface area contributed by atoms with Crippen LogP contribution >= 0.6 is 0 Å². The minimum absolute atomic E-state index is 0. The van der Waals surface area contributed by atoms with Gasteiger partial charge in [-0.05, 0) is 12.8 Å². The molecule has 2 heteroatoms. The van der Waals surface area contributed by atoms with Crippen LogP contribution in [0.2, 0.25) is 0 Å². The molecule has 0 bridgehead atoms. The maximum atomic E-state index is 5.31. The van der Waals surface area contributed by atoms with Gasteiger partial charge in [0.15, 0.2) is 0 Å². The first-order valence-corrected chi connectivity index (χ1v) is 3.99. The fraction of sp³-hybridized carbons (Fsp3) is 1.00. The van der Waals surface area contributed by atoms with E-state index in [1.807, 2.05) is 0 Å². The molecular formula is C8H18MgO. The first-order chi connectivity index (χ1) is 4.41. The molecule has 0 amide bonds. The van der Waals surface area contributed by atoms with Crippen LogP contribution in [0.15, 0.2) is 0 Å². The number of rotatable bonds is 6. The summed E-state index contributed by atoms with van der Waals surface area (Å²) in [4.78, 5) is 0. The van der Waals surface area contributed by atoms with Crippen LogP contribution in [-0.2, 0) is 4.74 Å². The molecule has 10 heavy (non-hydrogen) atoms. The average molecular weight is 155 g/mol. The lowest BCUT2D eigenvalue weighted by Gasteiger charge is -1.99. The van der Waals surface area contributed by atoms with Gasteiger partial charge in [0.25, 0.3) is 0 Å². The van der Waals surface area contributed by atoms with Gasteiger partial charge in [-0.15, -0.1) is 0 Å². The summed E-state index contributed by atoms with van der Waals surface area (Å²) in [7, 11) is 0. The van der Waals surface area contributed by atoms with Crippen LogP contribution in [0.3, 0.4) is 0 Å². The molecule has 0 heterocycles. The highest BCUT2D eigenvalue weighted by Crippen LogP contribution is 1.91. The zero-order valence-corrected chi connectivity index (χ0v) is 8.77. The molecule has 0 aliphatic rings. The molecule has 1 nitrogen and oxygen atoms in total. The molecule has 0 saturated heterocycles. The zero-order chi connectivity index (χ0) is 6.95. The monoisotopic (exact) mass is 154 g/mol. The van der Waals surface area contributed by atoms with Crippen molar-refractivity contribution in [3.05, 3.63) is 0 Å². The molecule has 58 valence electrons. The van der Waals surface area contributed by atoms with Gasteiger partial charge in [0.2, 0.25) is 0 Å². The molecule has 0 rings (SSSR count). The van der Waals surface area contributed by atoms with Crippen LogP contribution < -0.4 is 0 Å². The molecule has 0 aromatic heterocycles. The topological polar surface area (TPSA) is 9.23 Å². The highest BCUT2D eigenvalue weighted by atomic mass is 24.3. The number of hydrogen-bond acceptors (Lipinski definition) is 1. The van der Waals surface area contributed by atoms with Crippen molar-refractivity contribution in [2.75, 3.05) is 13.2 Å². The Morgan fingerprint density at radius 3 is 1.60 bits per heavy atom. The summed E-state index contributed by atoms with van der Waals surface area (Å²) < 4.78 is 5.31. The van der Waals surface area contributed by atoms with Crippen molar-refractivity contribution in [3.63, 3.8) is 0 Å². The van der Waals surface area contributed by atoms with Gasteiger partial charge >= 0.3 is 0 Å². The van der Waals surface area contributed by atoms with E-state index in [4.69, 9.17) is 4.74 Å². The Labute approximate surface area is 80.7 Å². The van der Waals surface area contributed by atoms with Crippen molar-refractivity contribution in [2.24, 2.45) is 0 Å². The second-order valence-corrected chi connectivity index (χ2v) is 2.32. The Balaban J connectivity index is 0. The third kappa shape index (κ3) is 11.5. The second-order valence-electron chi connectivity index (χ2n) is 2.32. The molecule has 0 fully saturated rings. The van der Waals surface area contributed by atoms with Crippen LogP contribution in [0.1, 0.15) is 39.5 Å². The largest absolute Gasteiger partial charge is 0.381 e. The quantitative estimate of drug-likeness (QED) is 0.421. The average Bonchev–Trinajstić information content (AvgIpc) is 1.89. The van der Waals surface area contributed by atoms with E-state index in [9.17, 15) is 0 Å². The summed E-state index contributed by atoms with van der Waals surface area (Å²) in [5.74, 6) is 0. The van der Waals surface area contributed by atoms with E-state index < -0.39 is 0 Å². The summed E-state index contributed by atoms with van der Waals surface area (Å²) in [6.45, 7) is 6.28. The maximum Gasteiger partial charge on any atom is 0.0465 e. The highest BCUT2D eigenvalue weighted by Gasteiger charge is 1.84. The van der Waals surface area contributed by atoms with Crippen LogP contribution in [0.4, 0.5) is 0 Å². The lowest BCUT2D eigenvalue weighted by atomic mass is 10.3. The summed E-state index contributed by atoms with van der Waals surface area (Å²) in [5.41, 5.74) is 0. The lowest BCUT2D eigenvalue weighted by Crippen LogP contribution is -1.95. The number of ether oxygens (including phenoxy) is 1. The molecule has 0 aromatic carbocycles. The van der Waals surface area contributed by atoms with Gasteiger partial charge in [-0.2, -0.15) is 0 Å². The van der Waals surface area contributed by atoms with E-state index in [0.717, 1.165) is 13.2 Å². The van der Waals surface area contributed by atoms with Gasteiger partial charge in [0.05, 0.1) is 0 Å². The SMILES string of the molecule is CCCCOCCCC.[Mg]. The Bertz CT molecular complexity index is 42.5. The van der Waals surface area contributed by atoms with E-state index in [-0.39, 0.29) is 23.1 Å². The lowest BCUT2D eigenvalue weighted by molar-refractivity contribution is 0.128. The van der Waals surface area contributed by atoms with Crippen molar-refractivity contribution in [1.82, 2.24) is 0 Å². The minimum atomic E-state index is 0. The molecule has 0 saturated carbocycles.